The molecule has 0 fully saturated rings. The molecule has 0 saturated carbocycles. The SMILES string of the molecule is CNS(=O)(=O)c1cc(C(=O)Nc2cc(C)c(Cl)cc2OC)cc(C)c1C. The maximum absolute atomic E-state index is 12.7. The lowest BCUT2D eigenvalue weighted by atomic mass is 10.1. The number of hydrogen-bond acceptors (Lipinski definition) is 4. The lowest BCUT2D eigenvalue weighted by Gasteiger charge is -2.14. The van der Waals surface area contributed by atoms with Gasteiger partial charge in [0.15, 0.2) is 0 Å². The van der Waals surface area contributed by atoms with Gasteiger partial charge in [0.25, 0.3) is 5.91 Å². The van der Waals surface area contributed by atoms with E-state index in [2.05, 4.69) is 10.0 Å². The zero-order valence-corrected chi connectivity index (χ0v) is 16.8. The number of rotatable bonds is 5. The van der Waals surface area contributed by atoms with Gasteiger partial charge in [-0.1, -0.05) is 11.6 Å². The second-order valence-electron chi connectivity index (χ2n) is 5.88. The number of ether oxygens (including phenoxy) is 1. The summed E-state index contributed by atoms with van der Waals surface area (Å²) in [5.41, 5.74) is 2.76. The number of nitrogens with one attached hydrogen (secondary N) is 2. The van der Waals surface area contributed by atoms with Crippen LogP contribution in [0, 0.1) is 20.8 Å². The molecule has 0 aliphatic heterocycles. The average Bonchev–Trinajstić information content (AvgIpc) is 2.59. The van der Waals surface area contributed by atoms with E-state index >= 15 is 0 Å². The molecule has 0 aliphatic carbocycles. The van der Waals surface area contributed by atoms with Gasteiger partial charge in [0.2, 0.25) is 10.0 Å². The smallest absolute Gasteiger partial charge is 0.255 e. The van der Waals surface area contributed by atoms with E-state index in [1.54, 1.807) is 32.0 Å². The fourth-order valence-corrected chi connectivity index (χ4v) is 3.69. The van der Waals surface area contributed by atoms with E-state index in [9.17, 15) is 13.2 Å². The lowest BCUT2D eigenvalue weighted by molar-refractivity contribution is 0.102. The van der Waals surface area contributed by atoms with Gasteiger partial charge >= 0.3 is 0 Å². The summed E-state index contributed by atoms with van der Waals surface area (Å²) >= 11 is 6.08. The van der Waals surface area contributed by atoms with Crippen molar-refractivity contribution in [2.24, 2.45) is 0 Å². The largest absolute Gasteiger partial charge is 0.495 e. The van der Waals surface area contributed by atoms with Gasteiger partial charge in [-0.25, -0.2) is 13.1 Å². The summed E-state index contributed by atoms with van der Waals surface area (Å²) in [5, 5.41) is 3.27. The van der Waals surface area contributed by atoms with Crippen LogP contribution in [0.15, 0.2) is 29.2 Å². The molecule has 0 spiro atoms. The molecule has 2 aromatic carbocycles. The van der Waals surface area contributed by atoms with Crippen molar-refractivity contribution in [3.8, 4) is 5.75 Å². The second-order valence-corrected chi connectivity index (χ2v) is 8.14. The number of carbonyl (C=O) groups excluding carboxylic acids is 1. The van der Waals surface area contributed by atoms with Gasteiger partial charge in [-0.2, -0.15) is 0 Å². The van der Waals surface area contributed by atoms with Crippen LogP contribution < -0.4 is 14.8 Å². The van der Waals surface area contributed by atoms with E-state index in [-0.39, 0.29) is 10.5 Å². The standard InChI is InChI=1S/C18H21ClN2O4S/c1-10-6-13(8-17(12(10)3)26(23,24)20-4)18(22)21-15-7-11(2)14(19)9-16(15)25-5/h6-9,20H,1-5H3,(H,21,22). The van der Waals surface area contributed by atoms with Gasteiger partial charge in [-0.05, 0) is 62.7 Å². The maximum Gasteiger partial charge on any atom is 0.255 e. The van der Waals surface area contributed by atoms with Gasteiger partial charge in [0.1, 0.15) is 5.75 Å². The quantitative estimate of drug-likeness (QED) is 0.810. The fraction of sp³-hybridized carbons (Fsp3) is 0.278. The Hall–Kier alpha value is -2.09. The molecule has 0 unspecified atom stereocenters. The summed E-state index contributed by atoms with van der Waals surface area (Å²) in [6.07, 6.45) is 0. The fourth-order valence-electron chi connectivity index (χ4n) is 2.47. The van der Waals surface area contributed by atoms with Gasteiger partial charge in [-0.15, -0.1) is 0 Å². The van der Waals surface area contributed by atoms with E-state index in [0.717, 1.165) is 5.56 Å². The van der Waals surface area contributed by atoms with Crippen LogP contribution in [0.1, 0.15) is 27.0 Å². The molecule has 0 aliphatic rings. The summed E-state index contributed by atoms with van der Waals surface area (Å²) in [6.45, 7) is 5.27. The first-order chi connectivity index (χ1) is 12.1. The zero-order chi connectivity index (χ0) is 19.6. The van der Waals surface area contributed by atoms with Crippen LogP contribution in [-0.2, 0) is 10.0 Å². The molecule has 0 bridgehead atoms. The first kappa shape index (κ1) is 20.2. The van der Waals surface area contributed by atoms with Crippen LogP contribution in [0.5, 0.6) is 5.75 Å². The molecule has 6 nitrogen and oxygen atoms in total. The Kier molecular flexibility index (Phi) is 5.95. The predicted octanol–water partition coefficient (Wildman–Crippen LogP) is 3.43. The minimum atomic E-state index is -3.68. The number of halogens is 1. The number of hydrogen-bond donors (Lipinski definition) is 2. The molecule has 26 heavy (non-hydrogen) atoms. The van der Waals surface area contributed by atoms with E-state index < -0.39 is 15.9 Å². The summed E-state index contributed by atoms with van der Waals surface area (Å²) in [5.74, 6) is -0.0264. The van der Waals surface area contributed by atoms with Crippen molar-refractivity contribution >= 4 is 33.2 Å². The monoisotopic (exact) mass is 396 g/mol. The molecule has 0 saturated heterocycles. The molecular weight excluding hydrogens is 376 g/mol. The van der Waals surface area contributed by atoms with Gasteiger partial charge < -0.3 is 10.1 Å². The molecule has 0 heterocycles. The van der Waals surface area contributed by atoms with Crippen LogP contribution >= 0.6 is 11.6 Å². The molecule has 0 aromatic heterocycles. The Morgan fingerprint density at radius 1 is 1.08 bits per heavy atom. The molecule has 2 N–H and O–H groups in total. The van der Waals surface area contributed by atoms with Crippen molar-refractivity contribution in [1.82, 2.24) is 4.72 Å². The second kappa shape index (κ2) is 7.65. The van der Waals surface area contributed by atoms with Crippen molar-refractivity contribution in [3.63, 3.8) is 0 Å². The van der Waals surface area contributed by atoms with Crippen molar-refractivity contribution in [2.45, 2.75) is 25.7 Å². The molecule has 8 heteroatoms. The first-order valence-electron chi connectivity index (χ1n) is 7.81. The Labute approximate surface area is 158 Å². The molecule has 0 radical (unpaired) electrons. The Morgan fingerprint density at radius 3 is 2.31 bits per heavy atom. The average molecular weight is 397 g/mol. The molecule has 1 amide bonds. The number of sulfonamides is 1. The number of carbonyl (C=O) groups is 1. The van der Waals surface area contributed by atoms with E-state index in [0.29, 0.717) is 27.6 Å². The van der Waals surface area contributed by atoms with Crippen LogP contribution in [-0.4, -0.2) is 28.5 Å². The van der Waals surface area contributed by atoms with Crippen molar-refractivity contribution < 1.29 is 17.9 Å². The van der Waals surface area contributed by atoms with Gasteiger partial charge in [-0.3, -0.25) is 4.79 Å². The number of methoxy groups -OCH3 is 1. The van der Waals surface area contributed by atoms with Crippen LogP contribution in [0.4, 0.5) is 5.69 Å². The Bertz CT molecular complexity index is 972. The summed E-state index contributed by atoms with van der Waals surface area (Å²) in [4.78, 5) is 12.8. The Morgan fingerprint density at radius 2 is 1.73 bits per heavy atom. The normalized spacial score (nSPS) is 11.3. The first-order valence-corrected chi connectivity index (χ1v) is 9.67. The molecule has 2 aromatic rings. The van der Waals surface area contributed by atoms with Crippen molar-refractivity contribution in [1.29, 1.82) is 0 Å². The van der Waals surface area contributed by atoms with Crippen molar-refractivity contribution in [3.05, 3.63) is 51.5 Å². The molecule has 140 valence electrons. The van der Waals surface area contributed by atoms with Gasteiger partial charge in [0.05, 0.1) is 17.7 Å². The topological polar surface area (TPSA) is 84.5 Å². The minimum Gasteiger partial charge on any atom is -0.495 e. The third-order valence-electron chi connectivity index (χ3n) is 4.17. The third-order valence-corrected chi connectivity index (χ3v) is 6.12. The van der Waals surface area contributed by atoms with Crippen molar-refractivity contribution in [2.75, 3.05) is 19.5 Å². The highest BCUT2D eigenvalue weighted by atomic mass is 35.5. The lowest BCUT2D eigenvalue weighted by Crippen LogP contribution is -2.21. The Balaban J connectivity index is 2.48. The summed E-state index contributed by atoms with van der Waals surface area (Å²) in [6, 6.07) is 6.32. The maximum atomic E-state index is 12.7. The number of benzene rings is 2. The molecular formula is C18H21ClN2O4S. The van der Waals surface area contributed by atoms with Crippen LogP contribution in [0.2, 0.25) is 5.02 Å². The zero-order valence-electron chi connectivity index (χ0n) is 15.2. The van der Waals surface area contributed by atoms with E-state index in [1.807, 2.05) is 6.92 Å². The number of amides is 1. The third kappa shape index (κ3) is 4.00. The highest BCUT2D eigenvalue weighted by molar-refractivity contribution is 7.89. The molecule has 2 rings (SSSR count). The summed E-state index contributed by atoms with van der Waals surface area (Å²) in [7, 11) is -0.870. The van der Waals surface area contributed by atoms with Gasteiger partial charge in [0, 0.05) is 16.7 Å². The highest BCUT2D eigenvalue weighted by Gasteiger charge is 2.20. The van der Waals surface area contributed by atoms with Crippen LogP contribution in [0.25, 0.3) is 0 Å². The summed E-state index contributed by atoms with van der Waals surface area (Å²) < 4.78 is 32.0. The minimum absolute atomic E-state index is 0.0735. The van der Waals surface area contributed by atoms with E-state index in [1.165, 1.54) is 20.2 Å². The molecule has 0 atom stereocenters. The number of aryl methyl sites for hydroxylation is 2. The predicted molar refractivity (Wildman–Crippen MR) is 103 cm³/mol. The van der Waals surface area contributed by atoms with E-state index in [4.69, 9.17) is 16.3 Å². The highest BCUT2D eigenvalue weighted by Crippen LogP contribution is 2.31. The van der Waals surface area contributed by atoms with Crippen LogP contribution in [0.3, 0.4) is 0 Å². The number of anilines is 1.